The van der Waals surface area contributed by atoms with Gasteiger partial charge in [0.2, 0.25) is 0 Å². The second kappa shape index (κ2) is 19.3. The van der Waals surface area contributed by atoms with Gasteiger partial charge in [-0.2, -0.15) is 12.2 Å². The van der Waals surface area contributed by atoms with Gasteiger partial charge in [-0.25, -0.2) is 24.3 Å². The maximum atomic E-state index is 2.99. The molecule has 4 heteroatoms. The van der Waals surface area contributed by atoms with Crippen LogP contribution in [0.15, 0.2) is 91.1 Å². The third kappa shape index (κ3) is 11.3. The molecule has 0 fully saturated rings. The van der Waals surface area contributed by atoms with Crippen LogP contribution < -0.4 is 24.8 Å². The minimum atomic E-state index is 0. The molecule has 0 atom stereocenters. The minimum Gasteiger partial charge on any atom is -1.00 e. The molecule has 0 nitrogen and oxygen atoms in total. The molecule has 0 aromatic heterocycles. The van der Waals surface area contributed by atoms with E-state index in [4.69, 9.17) is 0 Å². The Labute approximate surface area is 214 Å². The molecule has 3 aromatic carbocycles. The summed E-state index contributed by atoms with van der Waals surface area (Å²) < 4.78 is 0. The van der Waals surface area contributed by atoms with Crippen LogP contribution in [0.2, 0.25) is 11.5 Å². The zero-order chi connectivity index (χ0) is 18.5. The average Bonchev–Trinajstić information content (AvgIpc) is 3.47. The molecule has 0 amide bonds. The van der Waals surface area contributed by atoms with Gasteiger partial charge in [-0.1, -0.05) is 36.4 Å². The summed E-state index contributed by atoms with van der Waals surface area (Å²) in [7, 11) is 0. The second-order valence-corrected chi connectivity index (χ2v) is 7.92. The van der Waals surface area contributed by atoms with Gasteiger partial charge in [-0.15, -0.1) is 52.6 Å². The van der Waals surface area contributed by atoms with Crippen molar-refractivity contribution < 1.29 is 51.0 Å². The predicted octanol–water partition coefficient (Wildman–Crippen LogP) is 1.12. The number of hydrogen-bond acceptors (Lipinski definition) is 0. The maximum absolute atomic E-state index is 2.99. The molecule has 0 heterocycles. The van der Waals surface area contributed by atoms with E-state index in [-0.39, 0.29) is 51.0 Å². The van der Waals surface area contributed by atoms with Crippen molar-refractivity contribution in [2.24, 2.45) is 0 Å². The fourth-order valence-electron chi connectivity index (χ4n) is 2.58. The average molecular weight is 560 g/mol. The van der Waals surface area contributed by atoms with Gasteiger partial charge in [-0.05, 0) is 0 Å². The molecule has 150 valence electrons. The van der Waals surface area contributed by atoms with Crippen LogP contribution in [0.5, 0.6) is 0 Å². The number of halogens is 2. The number of allylic oxidation sites excluding steroid dienone is 8. The second-order valence-electron chi connectivity index (χ2n) is 5.82. The largest absolute Gasteiger partial charge is 2.00 e. The molecular weight excluding hydrogens is 535 g/mol. The van der Waals surface area contributed by atoms with Crippen molar-refractivity contribution in [1.82, 2.24) is 0 Å². The first-order valence-corrected chi connectivity index (χ1v) is 13.1. The van der Waals surface area contributed by atoms with E-state index >= 15 is 0 Å². The smallest absolute Gasteiger partial charge is 1.00 e. The topological polar surface area (TPSA) is 0 Å². The predicted molar refractivity (Wildman–Crippen MR) is 118 cm³/mol. The molecule has 2 aliphatic rings. The van der Waals surface area contributed by atoms with Crippen LogP contribution in [-0.2, 0) is 26.2 Å². The van der Waals surface area contributed by atoms with Gasteiger partial charge in [-0.3, -0.25) is 12.2 Å². The van der Waals surface area contributed by atoms with E-state index in [9.17, 15) is 0 Å². The van der Waals surface area contributed by atoms with Gasteiger partial charge in [0.15, 0.2) is 0 Å². The van der Waals surface area contributed by atoms with Crippen molar-refractivity contribution in [2.75, 3.05) is 0 Å². The molecule has 2 radical (unpaired) electrons. The SMILES string of the molecule is [C-]1=CC=CC1.[C-]1=CC=CC1.[CH3][Ge][CH3].[Cl-].[Cl-].[Zr+2].c1ccc2c(c1)[cH-]c1ccccc12. The van der Waals surface area contributed by atoms with Crippen molar-refractivity contribution in [1.29, 1.82) is 0 Å². The van der Waals surface area contributed by atoms with E-state index < -0.39 is 0 Å². The van der Waals surface area contributed by atoms with Gasteiger partial charge in [0, 0.05) is 0 Å². The molecule has 29 heavy (non-hydrogen) atoms. The van der Waals surface area contributed by atoms with E-state index in [0.29, 0.717) is 15.4 Å². The van der Waals surface area contributed by atoms with Gasteiger partial charge in [0.25, 0.3) is 0 Å². The standard InChI is InChI=1S/C13H9.2C5H5.C2H6Ge.2ClH.Zr/c1-3-7-12-10(5-1)9-11-6-2-4-8-13(11)12;2*1-2-4-5-3-1;1-3-2;;;/h1-9H;2*1-3H,4H2;1-2H3;2*1H;/q3*-1;;;;+2/p-2. The van der Waals surface area contributed by atoms with Crippen molar-refractivity contribution in [2.45, 2.75) is 24.4 Å². The fourth-order valence-corrected chi connectivity index (χ4v) is 2.58. The first-order valence-electron chi connectivity index (χ1n) is 8.92. The first kappa shape index (κ1) is 30.5. The summed E-state index contributed by atoms with van der Waals surface area (Å²) in [6, 6.07) is 19.3. The number of fused-ring (bicyclic) bond motifs is 3. The van der Waals surface area contributed by atoms with Crippen LogP contribution in [0.3, 0.4) is 0 Å². The minimum absolute atomic E-state index is 0. The Balaban J connectivity index is 0. The molecule has 0 saturated heterocycles. The Bertz CT molecular complexity index is 815. The normalized spacial score (nSPS) is 11.7. The van der Waals surface area contributed by atoms with Crippen LogP contribution in [0.25, 0.3) is 21.5 Å². The van der Waals surface area contributed by atoms with Gasteiger partial charge in [0.05, 0.1) is 0 Å². The zero-order valence-corrected chi connectivity index (χ0v) is 22.9. The molecule has 5 rings (SSSR count). The third-order valence-electron chi connectivity index (χ3n) is 3.69. The van der Waals surface area contributed by atoms with Gasteiger partial charge >= 0.3 is 53.1 Å². The van der Waals surface area contributed by atoms with Crippen molar-refractivity contribution in [3.63, 3.8) is 0 Å². The number of hydrogen-bond donors (Lipinski definition) is 0. The van der Waals surface area contributed by atoms with E-state index in [1.807, 2.05) is 24.3 Å². The Hall–Kier alpha value is -0.724. The summed E-state index contributed by atoms with van der Waals surface area (Å²) in [5.41, 5.74) is 0. The summed E-state index contributed by atoms with van der Waals surface area (Å²) in [6.45, 7) is 0. The van der Waals surface area contributed by atoms with Crippen molar-refractivity contribution in [3.8, 4) is 0 Å². The number of rotatable bonds is 0. The molecule has 2 aliphatic carbocycles. The Kier molecular flexibility index (Phi) is 20.2. The Morgan fingerprint density at radius 2 is 1.10 bits per heavy atom. The first-order chi connectivity index (χ1) is 12.9. The summed E-state index contributed by atoms with van der Waals surface area (Å²) >= 11 is 0.500. The molecule has 3 aromatic rings. The summed E-state index contributed by atoms with van der Waals surface area (Å²) in [4.78, 5) is 0. The van der Waals surface area contributed by atoms with Gasteiger partial charge in [0.1, 0.15) is 0 Å². The Morgan fingerprint density at radius 1 is 0.724 bits per heavy atom. The molecule has 0 spiro atoms. The van der Waals surface area contributed by atoms with Crippen molar-refractivity contribution >= 4 is 37.0 Å². The molecule has 0 aliphatic heterocycles. The molecular formula is C25H25Cl2GeZr-3. The van der Waals surface area contributed by atoms with Crippen LogP contribution in [-0.4, -0.2) is 15.4 Å². The number of benzene rings is 2. The molecule has 0 bridgehead atoms. The molecule has 0 saturated carbocycles. The van der Waals surface area contributed by atoms with Crippen LogP contribution in [0.1, 0.15) is 12.8 Å². The van der Waals surface area contributed by atoms with E-state index in [1.165, 1.54) is 21.5 Å². The summed E-state index contributed by atoms with van der Waals surface area (Å²) in [5, 5.41) is 5.39. The monoisotopic (exact) mass is 559 g/mol. The van der Waals surface area contributed by atoms with E-state index in [1.54, 1.807) is 0 Å². The Morgan fingerprint density at radius 3 is 1.38 bits per heavy atom. The summed E-state index contributed by atoms with van der Waals surface area (Å²) in [6.07, 6.45) is 20.0. The van der Waals surface area contributed by atoms with Crippen molar-refractivity contribution in [3.05, 3.63) is 103 Å². The van der Waals surface area contributed by atoms with E-state index in [0.717, 1.165) is 12.8 Å². The third-order valence-corrected chi connectivity index (χ3v) is 3.69. The van der Waals surface area contributed by atoms with Crippen LogP contribution >= 0.6 is 0 Å². The summed E-state index contributed by atoms with van der Waals surface area (Å²) in [5.74, 6) is 4.50. The molecule has 0 unspecified atom stereocenters. The zero-order valence-electron chi connectivity index (χ0n) is 16.8. The van der Waals surface area contributed by atoms with Crippen LogP contribution in [0, 0.1) is 12.2 Å². The molecule has 0 N–H and O–H groups in total. The van der Waals surface area contributed by atoms with Gasteiger partial charge < -0.3 is 24.8 Å². The van der Waals surface area contributed by atoms with E-state index in [2.05, 4.69) is 90.4 Å². The quantitative estimate of drug-likeness (QED) is 0.286. The maximum Gasteiger partial charge on any atom is 2.00 e. The van der Waals surface area contributed by atoms with Crippen LogP contribution in [0.4, 0.5) is 0 Å². The fraction of sp³-hybridized carbons (Fsp3) is 0.160.